The van der Waals surface area contributed by atoms with Crippen LogP contribution in [0.1, 0.15) is 12.8 Å². The van der Waals surface area contributed by atoms with Crippen LogP contribution in [-0.4, -0.2) is 73.3 Å². The largest absolute Gasteiger partial charge is 0.340 e. The normalized spacial score (nSPS) is 16.3. The van der Waals surface area contributed by atoms with Crippen molar-refractivity contribution in [3.8, 4) is 0 Å². The maximum absolute atomic E-state index is 12.8. The zero-order valence-corrected chi connectivity index (χ0v) is 15.4. The van der Waals surface area contributed by atoms with E-state index < -0.39 is 10.0 Å². The lowest BCUT2D eigenvalue weighted by atomic mass is 10.2. The fourth-order valence-electron chi connectivity index (χ4n) is 3.07. The van der Waals surface area contributed by atoms with Crippen LogP contribution in [0.3, 0.4) is 0 Å². The first-order valence-electron chi connectivity index (χ1n) is 8.56. The molecule has 0 bridgehead atoms. The van der Waals surface area contributed by atoms with Gasteiger partial charge in [0.05, 0.1) is 15.9 Å². The second kappa shape index (κ2) is 7.60. The van der Waals surface area contributed by atoms with Gasteiger partial charge in [-0.15, -0.1) is 0 Å². The number of H-pyrrole nitrogens is 2. The second-order valence-corrected chi connectivity index (χ2v) is 8.22. The van der Waals surface area contributed by atoms with E-state index >= 15 is 0 Å². The standard InChI is InChI=1S/C16H23N5O4S/c1-17-6-2-3-15(22)20-7-9-21(10-8-20)26(24,25)12-4-5-13-14(11-12)19-16(23)18-13/h4-5,11,17H,2-3,6-10H2,1H3,(H2,18,19,23). The number of carbonyl (C=O) groups is 1. The summed E-state index contributed by atoms with van der Waals surface area (Å²) in [4.78, 5) is 30.5. The third kappa shape index (κ3) is 3.81. The highest BCUT2D eigenvalue weighted by Gasteiger charge is 2.30. The molecule has 3 N–H and O–H groups in total. The van der Waals surface area contributed by atoms with Gasteiger partial charge in [-0.25, -0.2) is 13.2 Å². The van der Waals surface area contributed by atoms with Crippen molar-refractivity contribution < 1.29 is 13.2 Å². The Labute approximate surface area is 151 Å². The Morgan fingerprint density at radius 1 is 1.15 bits per heavy atom. The molecule has 9 nitrogen and oxygen atoms in total. The van der Waals surface area contributed by atoms with E-state index in [1.54, 1.807) is 11.0 Å². The third-order valence-corrected chi connectivity index (χ3v) is 6.43. The average molecular weight is 381 g/mol. The van der Waals surface area contributed by atoms with Crippen molar-refractivity contribution in [2.45, 2.75) is 17.7 Å². The number of nitrogens with zero attached hydrogens (tertiary/aromatic N) is 2. The topological polar surface area (TPSA) is 118 Å². The lowest BCUT2D eigenvalue weighted by Crippen LogP contribution is -2.50. The molecule has 26 heavy (non-hydrogen) atoms. The van der Waals surface area contributed by atoms with Crippen LogP contribution >= 0.6 is 0 Å². The smallest absolute Gasteiger partial charge is 0.323 e. The van der Waals surface area contributed by atoms with Crippen LogP contribution in [0.2, 0.25) is 0 Å². The molecule has 0 spiro atoms. The molecule has 0 unspecified atom stereocenters. The van der Waals surface area contributed by atoms with E-state index in [-0.39, 0.29) is 29.6 Å². The molecule has 2 aromatic rings. The molecular formula is C16H23N5O4S. The van der Waals surface area contributed by atoms with Gasteiger partial charge in [-0.2, -0.15) is 4.31 Å². The van der Waals surface area contributed by atoms with Gasteiger partial charge < -0.3 is 20.2 Å². The monoisotopic (exact) mass is 381 g/mol. The van der Waals surface area contributed by atoms with E-state index in [0.29, 0.717) is 30.5 Å². The van der Waals surface area contributed by atoms with E-state index in [1.807, 2.05) is 7.05 Å². The van der Waals surface area contributed by atoms with Gasteiger partial charge in [0.25, 0.3) is 0 Å². The molecule has 1 aromatic carbocycles. The summed E-state index contributed by atoms with van der Waals surface area (Å²) in [5.41, 5.74) is 0.639. The molecule has 0 saturated carbocycles. The quantitative estimate of drug-likeness (QED) is 0.593. The predicted molar refractivity (Wildman–Crippen MR) is 97.4 cm³/mol. The zero-order chi connectivity index (χ0) is 18.7. The molecule has 1 fully saturated rings. The Bertz CT molecular complexity index is 941. The molecule has 10 heteroatoms. The highest BCUT2D eigenvalue weighted by atomic mass is 32.2. The minimum Gasteiger partial charge on any atom is -0.340 e. The Morgan fingerprint density at radius 3 is 2.54 bits per heavy atom. The summed E-state index contributed by atoms with van der Waals surface area (Å²) in [5.74, 6) is 0.0589. The fourth-order valence-corrected chi connectivity index (χ4v) is 4.52. The predicted octanol–water partition coefficient (Wildman–Crippen LogP) is -0.311. The minimum atomic E-state index is -3.66. The summed E-state index contributed by atoms with van der Waals surface area (Å²) in [7, 11) is -1.82. The van der Waals surface area contributed by atoms with Crippen molar-refractivity contribution in [1.29, 1.82) is 0 Å². The lowest BCUT2D eigenvalue weighted by Gasteiger charge is -2.34. The highest BCUT2D eigenvalue weighted by molar-refractivity contribution is 7.89. The summed E-state index contributed by atoms with van der Waals surface area (Å²) in [6.07, 6.45) is 1.23. The van der Waals surface area contributed by atoms with E-state index in [2.05, 4.69) is 15.3 Å². The van der Waals surface area contributed by atoms with Gasteiger partial charge in [-0.3, -0.25) is 4.79 Å². The Morgan fingerprint density at radius 2 is 1.85 bits per heavy atom. The molecule has 1 aliphatic heterocycles. The summed E-state index contributed by atoms with van der Waals surface area (Å²) in [6.45, 7) is 2.09. The maximum Gasteiger partial charge on any atom is 0.323 e. The van der Waals surface area contributed by atoms with Crippen molar-refractivity contribution in [1.82, 2.24) is 24.5 Å². The maximum atomic E-state index is 12.8. The van der Waals surface area contributed by atoms with Gasteiger partial charge in [0, 0.05) is 32.6 Å². The van der Waals surface area contributed by atoms with Crippen molar-refractivity contribution >= 4 is 27.0 Å². The number of hydrogen-bond donors (Lipinski definition) is 3. The van der Waals surface area contributed by atoms with Crippen LogP contribution in [0.5, 0.6) is 0 Å². The Balaban J connectivity index is 1.67. The number of benzene rings is 1. The first-order valence-corrected chi connectivity index (χ1v) is 10.0. The SMILES string of the molecule is CNCCCC(=O)N1CCN(S(=O)(=O)c2ccc3[nH]c(=O)[nH]c3c2)CC1. The molecule has 2 heterocycles. The van der Waals surface area contributed by atoms with Crippen molar-refractivity contribution in [3.05, 3.63) is 28.7 Å². The van der Waals surface area contributed by atoms with Gasteiger partial charge in [0.15, 0.2) is 0 Å². The number of carbonyl (C=O) groups excluding carboxylic acids is 1. The highest BCUT2D eigenvalue weighted by Crippen LogP contribution is 2.20. The molecule has 142 valence electrons. The first kappa shape index (κ1) is 18.6. The number of nitrogens with one attached hydrogen (secondary N) is 3. The Hall–Kier alpha value is -2.17. The van der Waals surface area contributed by atoms with Crippen LogP contribution < -0.4 is 11.0 Å². The summed E-state index contributed by atoms with van der Waals surface area (Å²) < 4.78 is 27.1. The zero-order valence-electron chi connectivity index (χ0n) is 14.6. The number of piperazine rings is 1. The van der Waals surface area contributed by atoms with E-state index in [0.717, 1.165) is 13.0 Å². The molecule has 1 aliphatic rings. The summed E-state index contributed by atoms with van der Waals surface area (Å²) in [6, 6.07) is 4.51. The number of aromatic nitrogens is 2. The Kier molecular flexibility index (Phi) is 5.44. The molecule has 1 aromatic heterocycles. The van der Waals surface area contributed by atoms with E-state index in [9.17, 15) is 18.0 Å². The number of imidazole rings is 1. The first-order chi connectivity index (χ1) is 12.4. The van der Waals surface area contributed by atoms with Gasteiger partial charge in [-0.1, -0.05) is 0 Å². The van der Waals surface area contributed by atoms with Crippen LogP contribution in [-0.2, 0) is 14.8 Å². The van der Waals surface area contributed by atoms with Gasteiger partial charge in [0.1, 0.15) is 0 Å². The van der Waals surface area contributed by atoms with Crippen molar-refractivity contribution in [2.24, 2.45) is 0 Å². The second-order valence-electron chi connectivity index (χ2n) is 6.28. The van der Waals surface area contributed by atoms with Gasteiger partial charge >= 0.3 is 5.69 Å². The summed E-state index contributed by atoms with van der Waals surface area (Å²) >= 11 is 0. The van der Waals surface area contributed by atoms with Crippen LogP contribution in [0, 0.1) is 0 Å². The van der Waals surface area contributed by atoms with Crippen molar-refractivity contribution in [2.75, 3.05) is 39.8 Å². The molecule has 3 rings (SSSR count). The van der Waals surface area contributed by atoms with E-state index in [1.165, 1.54) is 16.4 Å². The minimum absolute atomic E-state index is 0.0589. The molecule has 0 radical (unpaired) electrons. The molecule has 0 atom stereocenters. The number of amides is 1. The lowest BCUT2D eigenvalue weighted by molar-refractivity contribution is -0.132. The van der Waals surface area contributed by atoms with Crippen LogP contribution in [0.4, 0.5) is 0 Å². The summed E-state index contributed by atoms with van der Waals surface area (Å²) in [5, 5.41) is 3.00. The molecule has 1 saturated heterocycles. The van der Waals surface area contributed by atoms with Crippen molar-refractivity contribution in [3.63, 3.8) is 0 Å². The number of aromatic amines is 2. The molecule has 0 aliphatic carbocycles. The third-order valence-electron chi connectivity index (χ3n) is 4.53. The fraction of sp³-hybridized carbons (Fsp3) is 0.500. The number of sulfonamides is 1. The molecule has 1 amide bonds. The van der Waals surface area contributed by atoms with Crippen LogP contribution in [0.15, 0.2) is 27.9 Å². The number of rotatable bonds is 6. The number of hydrogen-bond acceptors (Lipinski definition) is 5. The van der Waals surface area contributed by atoms with E-state index in [4.69, 9.17) is 0 Å². The number of fused-ring (bicyclic) bond motifs is 1. The van der Waals surface area contributed by atoms with Gasteiger partial charge in [0.2, 0.25) is 15.9 Å². The van der Waals surface area contributed by atoms with Gasteiger partial charge in [-0.05, 0) is 38.2 Å². The van der Waals surface area contributed by atoms with Crippen LogP contribution in [0.25, 0.3) is 11.0 Å². The average Bonchev–Trinajstić information content (AvgIpc) is 3.01. The molecular weight excluding hydrogens is 358 g/mol.